The van der Waals surface area contributed by atoms with E-state index in [0.717, 1.165) is 24.7 Å². The van der Waals surface area contributed by atoms with Crippen LogP contribution in [0, 0.1) is 11.8 Å². The van der Waals surface area contributed by atoms with E-state index in [4.69, 9.17) is 4.74 Å². The first kappa shape index (κ1) is 7.34. The van der Waals surface area contributed by atoms with Crippen molar-refractivity contribution in [2.24, 2.45) is 11.8 Å². The minimum Gasteiger partial charge on any atom is -0.393 e. The second kappa shape index (κ2) is 2.24. The SMILES string of the molecule is OCC12CC3CC(CC(C3)O1)C2. The van der Waals surface area contributed by atoms with Crippen molar-refractivity contribution in [3.8, 4) is 0 Å². The molecule has 0 aromatic rings. The summed E-state index contributed by atoms with van der Waals surface area (Å²) in [5.41, 5.74) is -0.102. The molecule has 1 N–H and O–H groups in total. The molecule has 4 fully saturated rings. The van der Waals surface area contributed by atoms with E-state index in [2.05, 4.69) is 0 Å². The molecule has 2 aliphatic carbocycles. The van der Waals surface area contributed by atoms with Gasteiger partial charge in [0.1, 0.15) is 0 Å². The Hall–Kier alpha value is -0.0800. The second-order valence-corrected chi connectivity index (χ2v) is 4.93. The van der Waals surface area contributed by atoms with Crippen LogP contribution in [0.4, 0.5) is 0 Å². The van der Waals surface area contributed by atoms with Gasteiger partial charge in [-0.2, -0.15) is 0 Å². The molecule has 2 aliphatic heterocycles. The zero-order valence-corrected chi connectivity index (χ0v) is 7.33. The number of hydrogen-bond acceptors (Lipinski definition) is 2. The van der Waals surface area contributed by atoms with Crippen LogP contribution < -0.4 is 0 Å². The van der Waals surface area contributed by atoms with Crippen LogP contribution in [-0.4, -0.2) is 23.4 Å². The third-order valence-corrected chi connectivity index (χ3v) is 3.89. The molecule has 2 heteroatoms. The first-order valence-corrected chi connectivity index (χ1v) is 5.08. The highest BCUT2D eigenvalue weighted by Gasteiger charge is 2.51. The highest BCUT2D eigenvalue weighted by Crippen LogP contribution is 2.52. The molecule has 2 saturated carbocycles. The monoisotopic (exact) mass is 168 g/mol. The molecular weight excluding hydrogens is 152 g/mol. The highest BCUT2D eigenvalue weighted by molar-refractivity contribution is 5.01. The van der Waals surface area contributed by atoms with Crippen LogP contribution in [-0.2, 0) is 4.74 Å². The lowest BCUT2D eigenvalue weighted by Gasteiger charge is -2.55. The minimum absolute atomic E-state index is 0.102. The van der Waals surface area contributed by atoms with Crippen molar-refractivity contribution in [3.05, 3.63) is 0 Å². The third kappa shape index (κ3) is 0.882. The first-order valence-electron chi connectivity index (χ1n) is 5.08. The Balaban J connectivity index is 1.90. The molecule has 0 radical (unpaired) electrons. The Labute approximate surface area is 72.9 Å². The van der Waals surface area contributed by atoms with Gasteiger partial charge in [-0.1, -0.05) is 0 Å². The predicted octanol–water partition coefficient (Wildman–Crippen LogP) is 1.33. The molecule has 0 aromatic heterocycles. The molecule has 2 nitrogen and oxygen atoms in total. The summed E-state index contributed by atoms with van der Waals surface area (Å²) in [4.78, 5) is 0. The summed E-state index contributed by atoms with van der Waals surface area (Å²) in [5.74, 6) is 1.73. The summed E-state index contributed by atoms with van der Waals surface area (Å²) in [5, 5.41) is 9.31. The van der Waals surface area contributed by atoms with Crippen LogP contribution in [0.3, 0.4) is 0 Å². The van der Waals surface area contributed by atoms with E-state index in [1.165, 1.54) is 19.3 Å². The van der Waals surface area contributed by atoms with Crippen LogP contribution in [0.5, 0.6) is 0 Å². The topological polar surface area (TPSA) is 29.5 Å². The fraction of sp³-hybridized carbons (Fsp3) is 1.00. The molecule has 0 aromatic carbocycles. The van der Waals surface area contributed by atoms with Gasteiger partial charge in [0, 0.05) is 0 Å². The maximum atomic E-state index is 9.31. The van der Waals surface area contributed by atoms with Crippen LogP contribution in [0.25, 0.3) is 0 Å². The summed E-state index contributed by atoms with van der Waals surface area (Å²) >= 11 is 0. The van der Waals surface area contributed by atoms with Crippen LogP contribution in [0.15, 0.2) is 0 Å². The van der Waals surface area contributed by atoms with Crippen LogP contribution in [0.1, 0.15) is 32.1 Å². The molecule has 2 atom stereocenters. The average molecular weight is 168 g/mol. The number of aliphatic hydroxyl groups is 1. The largest absolute Gasteiger partial charge is 0.393 e. The summed E-state index contributed by atoms with van der Waals surface area (Å²) in [6, 6.07) is 0. The maximum Gasteiger partial charge on any atom is 0.0921 e. The Morgan fingerprint density at radius 3 is 2.33 bits per heavy atom. The lowest BCUT2D eigenvalue weighted by Crippen LogP contribution is -2.56. The third-order valence-electron chi connectivity index (χ3n) is 3.89. The Morgan fingerprint density at radius 2 is 1.83 bits per heavy atom. The second-order valence-electron chi connectivity index (χ2n) is 4.93. The lowest BCUT2D eigenvalue weighted by atomic mass is 9.62. The summed E-state index contributed by atoms with van der Waals surface area (Å²) < 4.78 is 5.91. The molecule has 0 amide bonds. The van der Waals surface area contributed by atoms with Crippen molar-refractivity contribution in [1.82, 2.24) is 0 Å². The molecule has 0 spiro atoms. The predicted molar refractivity (Wildman–Crippen MR) is 44.8 cm³/mol. The van der Waals surface area contributed by atoms with Crippen LogP contribution >= 0.6 is 0 Å². The van der Waals surface area contributed by atoms with Gasteiger partial charge in [-0.3, -0.25) is 0 Å². The number of aliphatic hydroxyl groups excluding tert-OH is 1. The van der Waals surface area contributed by atoms with E-state index >= 15 is 0 Å². The molecule has 2 heterocycles. The number of rotatable bonds is 1. The molecule has 68 valence electrons. The van der Waals surface area contributed by atoms with Crippen molar-refractivity contribution < 1.29 is 9.84 Å². The summed E-state index contributed by atoms with van der Waals surface area (Å²) in [6.45, 7) is 0.247. The van der Waals surface area contributed by atoms with Crippen LogP contribution in [0.2, 0.25) is 0 Å². The van der Waals surface area contributed by atoms with Gasteiger partial charge in [-0.25, -0.2) is 0 Å². The van der Waals surface area contributed by atoms with Gasteiger partial charge < -0.3 is 9.84 Å². The standard InChI is InChI=1S/C10H16O2/c11-6-10-4-7-1-8(5-10)3-9(2-7)12-10/h7-9,11H,1-6H2. The smallest absolute Gasteiger partial charge is 0.0921 e. The van der Waals surface area contributed by atoms with Gasteiger partial charge in [-0.15, -0.1) is 0 Å². The van der Waals surface area contributed by atoms with E-state index in [1.807, 2.05) is 0 Å². The van der Waals surface area contributed by atoms with Gasteiger partial charge in [0.15, 0.2) is 0 Å². The van der Waals surface area contributed by atoms with E-state index in [0.29, 0.717) is 6.10 Å². The number of hydrogen-bond donors (Lipinski definition) is 1. The maximum absolute atomic E-state index is 9.31. The fourth-order valence-corrected chi connectivity index (χ4v) is 3.68. The van der Waals surface area contributed by atoms with Crippen molar-refractivity contribution in [1.29, 1.82) is 0 Å². The lowest BCUT2D eigenvalue weighted by molar-refractivity contribution is -0.233. The van der Waals surface area contributed by atoms with Crippen molar-refractivity contribution in [3.63, 3.8) is 0 Å². The van der Waals surface area contributed by atoms with Crippen molar-refractivity contribution in [2.45, 2.75) is 43.8 Å². The zero-order valence-electron chi connectivity index (χ0n) is 7.33. The summed E-state index contributed by atoms with van der Waals surface area (Å²) in [7, 11) is 0. The molecule has 12 heavy (non-hydrogen) atoms. The van der Waals surface area contributed by atoms with Gasteiger partial charge in [0.25, 0.3) is 0 Å². The van der Waals surface area contributed by atoms with Gasteiger partial charge in [0.05, 0.1) is 18.3 Å². The van der Waals surface area contributed by atoms with E-state index in [9.17, 15) is 5.11 Å². The Bertz CT molecular complexity index is 165. The minimum atomic E-state index is -0.102. The quantitative estimate of drug-likeness (QED) is 0.640. The van der Waals surface area contributed by atoms with E-state index in [-0.39, 0.29) is 12.2 Å². The highest BCUT2D eigenvalue weighted by atomic mass is 16.5. The zero-order chi connectivity index (χ0) is 8.18. The molecule has 2 saturated heterocycles. The van der Waals surface area contributed by atoms with Crippen molar-refractivity contribution >= 4 is 0 Å². The molecule has 4 aliphatic rings. The summed E-state index contributed by atoms with van der Waals surface area (Å²) in [6.07, 6.45) is 6.66. The molecule has 4 rings (SSSR count). The number of ether oxygens (including phenoxy) is 1. The molecule has 4 bridgehead atoms. The molecule has 2 unspecified atom stereocenters. The normalized spacial score (nSPS) is 56.2. The Kier molecular flexibility index (Phi) is 1.37. The van der Waals surface area contributed by atoms with Crippen molar-refractivity contribution in [2.75, 3.05) is 6.61 Å². The van der Waals surface area contributed by atoms with E-state index < -0.39 is 0 Å². The average Bonchev–Trinajstić information content (AvgIpc) is 2.02. The fourth-order valence-electron chi connectivity index (χ4n) is 3.68. The first-order chi connectivity index (χ1) is 5.80. The van der Waals surface area contributed by atoms with Gasteiger partial charge in [-0.05, 0) is 43.9 Å². The van der Waals surface area contributed by atoms with Gasteiger partial charge in [0.2, 0.25) is 0 Å². The Morgan fingerprint density at radius 1 is 1.17 bits per heavy atom. The van der Waals surface area contributed by atoms with E-state index in [1.54, 1.807) is 0 Å². The van der Waals surface area contributed by atoms with Gasteiger partial charge >= 0.3 is 0 Å². The molecular formula is C10H16O2.